The number of nitrogens with one attached hydrogen (secondary N) is 1. The van der Waals surface area contributed by atoms with Crippen molar-refractivity contribution in [2.75, 3.05) is 0 Å². The van der Waals surface area contributed by atoms with Gasteiger partial charge < -0.3 is 4.98 Å². The van der Waals surface area contributed by atoms with Gasteiger partial charge in [-0.05, 0) is 28.3 Å². The fourth-order valence-electron chi connectivity index (χ4n) is 2.53. The third kappa shape index (κ3) is 2.48. The van der Waals surface area contributed by atoms with E-state index in [9.17, 15) is 0 Å². The molecule has 2 aromatic carbocycles. The predicted molar refractivity (Wildman–Crippen MR) is 88.7 cm³/mol. The first-order valence-corrected chi connectivity index (χ1v) is 7.82. The number of fused-ring (bicyclic) bond motifs is 1. The molecule has 0 unspecified atom stereocenters. The monoisotopic (exact) mass is 290 g/mol. The van der Waals surface area contributed by atoms with Crippen LogP contribution in [0.15, 0.2) is 66.2 Å². The zero-order chi connectivity index (χ0) is 14.1. The zero-order valence-electron chi connectivity index (χ0n) is 11.4. The van der Waals surface area contributed by atoms with Gasteiger partial charge in [-0.25, -0.2) is 4.98 Å². The number of imidazole rings is 1. The molecule has 4 rings (SSSR count). The van der Waals surface area contributed by atoms with Crippen molar-refractivity contribution >= 4 is 22.1 Å². The lowest BCUT2D eigenvalue weighted by atomic mass is 10.1. The minimum atomic E-state index is 0.866. The Labute approximate surface area is 127 Å². The summed E-state index contributed by atoms with van der Waals surface area (Å²) >= 11 is 1.76. The highest BCUT2D eigenvalue weighted by atomic mass is 32.1. The topological polar surface area (TPSA) is 28.7 Å². The molecule has 21 heavy (non-hydrogen) atoms. The van der Waals surface area contributed by atoms with Crippen molar-refractivity contribution in [3.05, 3.63) is 76.9 Å². The van der Waals surface area contributed by atoms with E-state index in [1.165, 1.54) is 15.6 Å². The molecular weight excluding hydrogens is 276 g/mol. The minimum Gasteiger partial charge on any atom is -0.348 e. The van der Waals surface area contributed by atoms with Crippen molar-refractivity contribution in [1.29, 1.82) is 0 Å². The van der Waals surface area contributed by atoms with Crippen LogP contribution in [0.3, 0.4) is 0 Å². The van der Waals surface area contributed by atoms with E-state index in [2.05, 4.69) is 65.0 Å². The molecule has 0 aliphatic heterocycles. The third-order valence-electron chi connectivity index (χ3n) is 3.60. The van der Waals surface area contributed by atoms with Crippen LogP contribution >= 0.6 is 11.3 Å². The van der Waals surface area contributed by atoms with E-state index in [1.54, 1.807) is 11.3 Å². The van der Waals surface area contributed by atoms with Gasteiger partial charge in [-0.2, -0.15) is 0 Å². The van der Waals surface area contributed by atoms with Gasteiger partial charge in [-0.1, -0.05) is 42.5 Å². The normalized spacial score (nSPS) is 11.0. The van der Waals surface area contributed by atoms with Crippen molar-refractivity contribution in [2.45, 2.75) is 6.42 Å². The summed E-state index contributed by atoms with van der Waals surface area (Å²) in [5.74, 6) is 1.01. The molecule has 2 heterocycles. The number of hydrogen-bond acceptors (Lipinski definition) is 2. The highest BCUT2D eigenvalue weighted by Crippen LogP contribution is 2.23. The highest BCUT2D eigenvalue weighted by Gasteiger charge is 2.06. The molecule has 0 fully saturated rings. The summed E-state index contributed by atoms with van der Waals surface area (Å²) in [7, 11) is 0. The molecule has 0 saturated heterocycles. The van der Waals surface area contributed by atoms with Gasteiger partial charge in [0.25, 0.3) is 0 Å². The van der Waals surface area contributed by atoms with Gasteiger partial charge in [-0.3, -0.25) is 0 Å². The molecule has 0 saturated carbocycles. The second-order valence-electron chi connectivity index (χ2n) is 5.05. The lowest BCUT2D eigenvalue weighted by Crippen LogP contribution is -1.87. The molecule has 0 aliphatic carbocycles. The SMILES string of the molecule is c1csc(Cc2nc(-c3ccc4ccccc4c3)c[nH]2)c1. The van der Waals surface area contributed by atoms with Crippen molar-refractivity contribution in [1.82, 2.24) is 9.97 Å². The number of thiophene rings is 1. The van der Waals surface area contributed by atoms with Crippen molar-refractivity contribution in [2.24, 2.45) is 0 Å². The Morgan fingerprint density at radius 1 is 0.952 bits per heavy atom. The number of benzene rings is 2. The Morgan fingerprint density at radius 3 is 2.71 bits per heavy atom. The van der Waals surface area contributed by atoms with Gasteiger partial charge in [0, 0.05) is 23.1 Å². The molecule has 0 spiro atoms. The summed E-state index contributed by atoms with van der Waals surface area (Å²) in [6.07, 6.45) is 2.86. The Hall–Kier alpha value is -2.39. The van der Waals surface area contributed by atoms with E-state index < -0.39 is 0 Å². The van der Waals surface area contributed by atoms with Crippen LogP contribution in [0.4, 0.5) is 0 Å². The van der Waals surface area contributed by atoms with E-state index in [-0.39, 0.29) is 0 Å². The molecule has 2 aromatic heterocycles. The van der Waals surface area contributed by atoms with Crippen LogP contribution < -0.4 is 0 Å². The molecule has 102 valence electrons. The van der Waals surface area contributed by atoms with E-state index >= 15 is 0 Å². The lowest BCUT2D eigenvalue weighted by Gasteiger charge is -2.00. The predicted octanol–water partition coefficient (Wildman–Crippen LogP) is 4.88. The first kappa shape index (κ1) is 12.4. The van der Waals surface area contributed by atoms with Crippen LogP contribution in [-0.4, -0.2) is 9.97 Å². The largest absolute Gasteiger partial charge is 0.348 e. The van der Waals surface area contributed by atoms with Gasteiger partial charge in [0.05, 0.1) is 5.69 Å². The number of H-pyrrole nitrogens is 1. The fraction of sp³-hybridized carbons (Fsp3) is 0.0556. The Kier molecular flexibility index (Phi) is 3.05. The lowest BCUT2D eigenvalue weighted by molar-refractivity contribution is 1.05. The number of hydrogen-bond donors (Lipinski definition) is 1. The molecule has 0 radical (unpaired) electrons. The highest BCUT2D eigenvalue weighted by molar-refractivity contribution is 7.09. The molecule has 0 aliphatic rings. The number of aromatic amines is 1. The van der Waals surface area contributed by atoms with E-state index in [4.69, 9.17) is 4.98 Å². The molecule has 0 amide bonds. The average molecular weight is 290 g/mol. The summed E-state index contributed by atoms with van der Waals surface area (Å²) < 4.78 is 0. The maximum Gasteiger partial charge on any atom is 0.112 e. The summed E-state index contributed by atoms with van der Waals surface area (Å²) in [5, 5.41) is 4.61. The summed E-state index contributed by atoms with van der Waals surface area (Å²) in [6, 6.07) is 19.1. The van der Waals surface area contributed by atoms with Crippen LogP contribution in [0.5, 0.6) is 0 Å². The van der Waals surface area contributed by atoms with Crippen molar-refractivity contribution < 1.29 is 0 Å². The van der Waals surface area contributed by atoms with Gasteiger partial charge in [-0.15, -0.1) is 11.3 Å². The maximum absolute atomic E-state index is 4.71. The van der Waals surface area contributed by atoms with Crippen LogP contribution in [0.1, 0.15) is 10.7 Å². The first-order chi connectivity index (χ1) is 10.4. The Morgan fingerprint density at radius 2 is 1.86 bits per heavy atom. The van der Waals surface area contributed by atoms with Crippen molar-refractivity contribution in [3.8, 4) is 11.3 Å². The zero-order valence-corrected chi connectivity index (χ0v) is 12.2. The van der Waals surface area contributed by atoms with Gasteiger partial charge in [0.2, 0.25) is 0 Å². The molecule has 0 bridgehead atoms. The maximum atomic E-state index is 4.71. The van der Waals surface area contributed by atoms with E-state index in [0.717, 1.165) is 23.5 Å². The smallest absolute Gasteiger partial charge is 0.112 e. The van der Waals surface area contributed by atoms with Gasteiger partial charge >= 0.3 is 0 Å². The number of rotatable bonds is 3. The molecule has 1 N–H and O–H groups in total. The van der Waals surface area contributed by atoms with Gasteiger partial charge in [0.15, 0.2) is 0 Å². The molecule has 0 atom stereocenters. The summed E-state index contributed by atoms with van der Waals surface area (Å²) in [6.45, 7) is 0. The summed E-state index contributed by atoms with van der Waals surface area (Å²) in [4.78, 5) is 9.33. The van der Waals surface area contributed by atoms with Crippen LogP contribution in [-0.2, 0) is 6.42 Å². The number of nitrogens with zero attached hydrogens (tertiary/aromatic N) is 1. The summed E-state index contributed by atoms with van der Waals surface area (Å²) in [5.41, 5.74) is 2.16. The first-order valence-electron chi connectivity index (χ1n) is 6.94. The average Bonchev–Trinajstić information content (AvgIpc) is 3.19. The number of aromatic nitrogens is 2. The standard InChI is InChI=1S/C18H14N2S/c1-2-5-14-10-15(8-7-13(14)4-1)17-12-19-18(20-17)11-16-6-3-9-21-16/h1-10,12H,11H2,(H,19,20). The second kappa shape index (κ2) is 5.19. The van der Waals surface area contributed by atoms with E-state index in [0.29, 0.717) is 0 Å². The molecule has 2 nitrogen and oxygen atoms in total. The quantitative estimate of drug-likeness (QED) is 0.572. The van der Waals surface area contributed by atoms with Crippen LogP contribution in [0, 0.1) is 0 Å². The van der Waals surface area contributed by atoms with Crippen LogP contribution in [0.25, 0.3) is 22.0 Å². The molecular formula is C18H14N2S. The third-order valence-corrected chi connectivity index (χ3v) is 4.47. The fourth-order valence-corrected chi connectivity index (χ4v) is 3.24. The van der Waals surface area contributed by atoms with Gasteiger partial charge in [0.1, 0.15) is 5.82 Å². The van der Waals surface area contributed by atoms with Crippen molar-refractivity contribution in [3.63, 3.8) is 0 Å². The molecule has 4 aromatic rings. The minimum absolute atomic E-state index is 0.866. The second-order valence-corrected chi connectivity index (χ2v) is 6.08. The molecule has 3 heteroatoms. The Bertz CT molecular complexity index is 875. The van der Waals surface area contributed by atoms with E-state index in [1.807, 2.05) is 6.20 Å². The Balaban J connectivity index is 1.67. The van der Waals surface area contributed by atoms with Crippen LogP contribution in [0.2, 0.25) is 0 Å².